The molecule has 100 valence electrons. The summed E-state index contributed by atoms with van der Waals surface area (Å²) >= 11 is 0. The van der Waals surface area contributed by atoms with Gasteiger partial charge in [-0.1, -0.05) is 48.5 Å². The molecule has 0 aromatic heterocycles. The van der Waals surface area contributed by atoms with Gasteiger partial charge < -0.3 is 4.90 Å². The Balaban J connectivity index is 2.31. The number of hydrogen-bond acceptors (Lipinski definition) is 2. The molecule has 20 heavy (non-hydrogen) atoms. The maximum absolute atomic E-state index is 12.5. The number of nitrogens with zero attached hydrogens (tertiary/aromatic N) is 2. The van der Waals surface area contributed by atoms with Gasteiger partial charge in [-0.3, -0.25) is 4.79 Å². The van der Waals surface area contributed by atoms with Gasteiger partial charge in [-0.15, -0.1) is 0 Å². The molecule has 3 heteroatoms. The summed E-state index contributed by atoms with van der Waals surface area (Å²) in [5.74, 6) is -0.140. The van der Waals surface area contributed by atoms with E-state index in [1.807, 2.05) is 55.5 Å². The van der Waals surface area contributed by atoms with Crippen molar-refractivity contribution in [3.63, 3.8) is 0 Å². The van der Waals surface area contributed by atoms with Gasteiger partial charge in [0.15, 0.2) is 0 Å². The zero-order valence-electron chi connectivity index (χ0n) is 11.6. The van der Waals surface area contributed by atoms with Crippen LogP contribution in [0.15, 0.2) is 54.6 Å². The second-order valence-electron chi connectivity index (χ2n) is 4.67. The Morgan fingerprint density at radius 3 is 2.30 bits per heavy atom. The van der Waals surface area contributed by atoms with Crippen LogP contribution in [0.3, 0.4) is 0 Å². The van der Waals surface area contributed by atoms with Gasteiger partial charge in [0.05, 0.1) is 6.07 Å². The van der Waals surface area contributed by atoms with Crippen molar-refractivity contribution in [1.82, 2.24) is 4.90 Å². The Morgan fingerprint density at radius 1 is 1.10 bits per heavy atom. The van der Waals surface area contributed by atoms with Crippen molar-refractivity contribution < 1.29 is 4.79 Å². The van der Waals surface area contributed by atoms with Crippen LogP contribution in [-0.4, -0.2) is 17.9 Å². The number of benzene rings is 2. The van der Waals surface area contributed by atoms with E-state index in [-0.39, 0.29) is 5.91 Å². The normalized spacial score (nSPS) is 11.4. The van der Waals surface area contributed by atoms with Gasteiger partial charge in [-0.05, 0) is 24.1 Å². The fourth-order valence-electron chi connectivity index (χ4n) is 2.14. The van der Waals surface area contributed by atoms with Crippen LogP contribution in [0.25, 0.3) is 0 Å². The summed E-state index contributed by atoms with van der Waals surface area (Å²) in [6, 6.07) is 18.4. The van der Waals surface area contributed by atoms with Crippen LogP contribution in [0, 0.1) is 18.3 Å². The van der Waals surface area contributed by atoms with E-state index in [9.17, 15) is 10.1 Å². The maximum atomic E-state index is 12.5. The predicted octanol–water partition coefficient (Wildman–Crippen LogP) is 3.33. The van der Waals surface area contributed by atoms with E-state index in [4.69, 9.17) is 0 Å². The molecule has 0 aliphatic heterocycles. The van der Waals surface area contributed by atoms with Crippen molar-refractivity contribution >= 4 is 5.91 Å². The fourth-order valence-corrected chi connectivity index (χ4v) is 2.14. The molecule has 0 bridgehead atoms. The second-order valence-corrected chi connectivity index (χ2v) is 4.67. The van der Waals surface area contributed by atoms with Crippen molar-refractivity contribution in [2.45, 2.75) is 13.0 Å². The SMILES string of the molecule is Cc1ccccc1C(=O)N(C)C(C#N)c1ccccc1. The molecule has 0 fully saturated rings. The zero-order valence-corrected chi connectivity index (χ0v) is 11.6. The Morgan fingerprint density at radius 2 is 1.70 bits per heavy atom. The van der Waals surface area contributed by atoms with E-state index < -0.39 is 6.04 Å². The van der Waals surface area contributed by atoms with Crippen LogP contribution in [0.2, 0.25) is 0 Å². The van der Waals surface area contributed by atoms with E-state index in [0.717, 1.165) is 11.1 Å². The lowest BCUT2D eigenvalue weighted by molar-refractivity contribution is 0.0762. The molecular weight excluding hydrogens is 248 g/mol. The Bertz CT molecular complexity index is 644. The first-order chi connectivity index (χ1) is 9.65. The lowest BCUT2D eigenvalue weighted by atomic mass is 10.0. The quantitative estimate of drug-likeness (QED) is 0.853. The van der Waals surface area contributed by atoms with Crippen LogP contribution in [-0.2, 0) is 0 Å². The highest BCUT2D eigenvalue weighted by Crippen LogP contribution is 2.21. The molecule has 0 spiro atoms. The molecule has 0 heterocycles. The van der Waals surface area contributed by atoms with Crippen LogP contribution in [0.5, 0.6) is 0 Å². The molecular formula is C17H16N2O. The number of carbonyl (C=O) groups is 1. The molecule has 0 radical (unpaired) electrons. The number of aryl methyl sites for hydroxylation is 1. The first-order valence-electron chi connectivity index (χ1n) is 6.42. The molecule has 0 saturated heterocycles. The molecule has 2 rings (SSSR count). The molecule has 3 nitrogen and oxygen atoms in total. The van der Waals surface area contributed by atoms with Gasteiger partial charge in [0, 0.05) is 12.6 Å². The lowest BCUT2D eigenvalue weighted by Crippen LogP contribution is -2.31. The van der Waals surface area contributed by atoms with Gasteiger partial charge in [0.1, 0.15) is 6.04 Å². The van der Waals surface area contributed by atoms with Crippen LogP contribution in [0.1, 0.15) is 27.5 Å². The molecule has 2 aromatic carbocycles. The fraction of sp³-hybridized carbons (Fsp3) is 0.176. The third-order valence-electron chi connectivity index (χ3n) is 3.32. The monoisotopic (exact) mass is 264 g/mol. The summed E-state index contributed by atoms with van der Waals surface area (Å²) in [5, 5.41) is 9.37. The third-order valence-corrected chi connectivity index (χ3v) is 3.32. The highest BCUT2D eigenvalue weighted by atomic mass is 16.2. The van der Waals surface area contributed by atoms with Gasteiger partial charge in [0.2, 0.25) is 0 Å². The number of rotatable bonds is 3. The highest BCUT2D eigenvalue weighted by molar-refractivity contribution is 5.95. The molecule has 0 aliphatic rings. The lowest BCUT2D eigenvalue weighted by Gasteiger charge is -2.23. The highest BCUT2D eigenvalue weighted by Gasteiger charge is 2.23. The van der Waals surface area contributed by atoms with Crippen LogP contribution in [0.4, 0.5) is 0 Å². The minimum Gasteiger partial charge on any atom is -0.322 e. The Labute approximate surface area is 119 Å². The average molecular weight is 264 g/mol. The Kier molecular flexibility index (Phi) is 4.17. The topological polar surface area (TPSA) is 44.1 Å². The minimum atomic E-state index is -0.580. The van der Waals surface area contributed by atoms with Crippen molar-refractivity contribution in [3.8, 4) is 6.07 Å². The predicted molar refractivity (Wildman–Crippen MR) is 78.1 cm³/mol. The molecule has 0 saturated carbocycles. The van der Waals surface area contributed by atoms with Crippen molar-refractivity contribution in [2.24, 2.45) is 0 Å². The van der Waals surface area contributed by atoms with Gasteiger partial charge >= 0.3 is 0 Å². The van der Waals surface area contributed by atoms with E-state index in [0.29, 0.717) is 5.56 Å². The van der Waals surface area contributed by atoms with E-state index in [2.05, 4.69) is 6.07 Å². The zero-order chi connectivity index (χ0) is 14.5. The van der Waals surface area contributed by atoms with Gasteiger partial charge in [0.25, 0.3) is 5.91 Å². The molecule has 1 amide bonds. The van der Waals surface area contributed by atoms with E-state index in [1.165, 1.54) is 4.90 Å². The number of carbonyl (C=O) groups excluding carboxylic acids is 1. The van der Waals surface area contributed by atoms with Crippen LogP contribution >= 0.6 is 0 Å². The summed E-state index contributed by atoms with van der Waals surface area (Å²) in [4.78, 5) is 14.0. The number of amides is 1. The van der Waals surface area contributed by atoms with Crippen LogP contribution < -0.4 is 0 Å². The molecule has 2 aromatic rings. The first-order valence-corrected chi connectivity index (χ1v) is 6.42. The Hall–Kier alpha value is -2.60. The van der Waals surface area contributed by atoms with Gasteiger partial charge in [-0.2, -0.15) is 5.26 Å². The summed E-state index contributed by atoms with van der Waals surface area (Å²) in [6.45, 7) is 1.89. The van der Waals surface area contributed by atoms with Crippen molar-refractivity contribution in [3.05, 3.63) is 71.3 Å². The van der Waals surface area contributed by atoms with E-state index >= 15 is 0 Å². The van der Waals surface area contributed by atoms with E-state index in [1.54, 1.807) is 13.1 Å². The minimum absolute atomic E-state index is 0.140. The molecule has 0 N–H and O–H groups in total. The smallest absolute Gasteiger partial charge is 0.255 e. The number of hydrogen-bond donors (Lipinski definition) is 0. The molecule has 1 unspecified atom stereocenters. The molecule has 1 atom stereocenters. The first kappa shape index (κ1) is 13.8. The summed E-state index contributed by atoms with van der Waals surface area (Å²) in [5.41, 5.74) is 2.36. The third kappa shape index (κ3) is 2.70. The van der Waals surface area contributed by atoms with Crippen molar-refractivity contribution in [2.75, 3.05) is 7.05 Å². The number of nitriles is 1. The summed E-state index contributed by atoms with van der Waals surface area (Å²) in [7, 11) is 1.66. The molecule has 0 aliphatic carbocycles. The largest absolute Gasteiger partial charge is 0.322 e. The average Bonchev–Trinajstić information content (AvgIpc) is 2.49. The summed E-state index contributed by atoms with van der Waals surface area (Å²) < 4.78 is 0. The maximum Gasteiger partial charge on any atom is 0.255 e. The standard InChI is InChI=1S/C17H16N2O/c1-13-8-6-7-11-15(13)17(20)19(2)16(12-18)14-9-4-3-5-10-14/h3-11,16H,1-2H3. The van der Waals surface area contributed by atoms with Gasteiger partial charge in [-0.25, -0.2) is 0 Å². The van der Waals surface area contributed by atoms with Crippen molar-refractivity contribution in [1.29, 1.82) is 5.26 Å². The second kappa shape index (κ2) is 6.03. The summed E-state index contributed by atoms with van der Waals surface area (Å²) in [6.07, 6.45) is 0.